The molecule has 0 spiro atoms. The van der Waals surface area contributed by atoms with Gasteiger partial charge in [-0.15, -0.1) is 0 Å². The molecule has 112 valence electrons. The second-order valence-electron chi connectivity index (χ2n) is 5.24. The third-order valence-electron chi connectivity index (χ3n) is 3.08. The van der Waals surface area contributed by atoms with Gasteiger partial charge in [-0.3, -0.25) is 9.78 Å². The highest BCUT2D eigenvalue weighted by Crippen LogP contribution is 2.11. The summed E-state index contributed by atoms with van der Waals surface area (Å²) in [4.78, 5) is 20.4. The van der Waals surface area contributed by atoms with E-state index in [1.165, 1.54) is 0 Å². The van der Waals surface area contributed by atoms with Gasteiger partial charge in [-0.2, -0.15) is 4.98 Å². The second-order valence-corrected chi connectivity index (χ2v) is 5.24. The smallest absolute Gasteiger partial charge is 0.227 e. The van der Waals surface area contributed by atoms with Gasteiger partial charge in [0.25, 0.3) is 0 Å². The molecule has 21 heavy (non-hydrogen) atoms. The summed E-state index contributed by atoms with van der Waals surface area (Å²) < 4.78 is 5.11. The van der Waals surface area contributed by atoms with Gasteiger partial charge in [0.2, 0.25) is 11.8 Å². The van der Waals surface area contributed by atoms with E-state index in [0.717, 1.165) is 5.69 Å². The van der Waals surface area contributed by atoms with Gasteiger partial charge >= 0.3 is 0 Å². The Morgan fingerprint density at radius 2 is 2.14 bits per heavy atom. The molecule has 2 heterocycles. The second kappa shape index (κ2) is 6.97. The summed E-state index contributed by atoms with van der Waals surface area (Å²) in [6, 6.07) is 5.52. The lowest BCUT2D eigenvalue weighted by molar-refractivity contribution is -0.121. The summed E-state index contributed by atoms with van der Waals surface area (Å²) in [7, 11) is 0. The predicted octanol–water partition coefficient (Wildman–Crippen LogP) is 2.40. The van der Waals surface area contributed by atoms with Crippen molar-refractivity contribution in [3.8, 4) is 0 Å². The number of aromatic nitrogens is 3. The standard InChI is InChI=1S/C15H20N4O2/c1-10(2)15-18-14(21-19-15)8-7-13(20)17-11(3)12-6-4-5-9-16-12/h4-6,9-11H,7-8H2,1-3H3,(H,17,20)/t11-/m1/s1. The lowest BCUT2D eigenvalue weighted by Crippen LogP contribution is -2.27. The third-order valence-corrected chi connectivity index (χ3v) is 3.08. The summed E-state index contributed by atoms with van der Waals surface area (Å²) >= 11 is 0. The summed E-state index contributed by atoms with van der Waals surface area (Å²) in [6.07, 6.45) is 2.47. The summed E-state index contributed by atoms with van der Waals surface area (Å²) in [5.41, 5.74) is 0.839. The first kappa shape index (κ1) is 15.2. The van der Waals surface area contributed by atoms with Gasteiger partial charge in [0, 0.05) is 25.0 Å². The largest absolute Gasteiger partial charge is 0.348 e. The molecule has 0 fully saturated rings. The molecule has 0 aliphatic rings. The molecule has 1 N–H and O–H groups in total. The van der Waals surface area contributed by atoms with E-state index < -0.39 is 0 Å². The lowest BCUT2D eigenvalue weighted by Gasteiger charge is -2.12. The van der Waals surface area contributed by atoms with E-state index in [0.29, 0.717) is 24.6 Å². The van der Waals surface area contributed by atoms with Crippen LogP contribution in [0.4, 0.5) is 0 Å². The van der Waals surface area contributed by atoms with Gasteiger partial charge in [-0.1, -0.05) is 25.1 Å². The quantitative estimate of drug-likeness (QED) is 0.882. The molecule has 0 bridgehead atoms. The Bertz CT molecular complexity index is 580. The number of nitrogens with zero attached hydrogens (tertiary/aromatic N) is 3. The fourth-order valence-corrected chi connectivity index (χ4v) is 1.84. The van der Waals surface area contributed by atoms with Gasteiger partial charge in [0.15, 0.2) is 5.82 Å². The molecule has 0 unspecified atom stereocenters. The van der Waals surface area contributed by atoms with E-state index >= 15 is 0 Å². The first-order valence-electron chi connectivity index (χ1n) is 7.09. The number of carbonyl (C=O) groups excluding carboxylic acids is 1. The van der Waals surface area contributed by atoms with Crippen molar-refractivity contribution in [1.82, 2.24) is 20.4 Å². The van der Waals surface area contributed by atoms with Crippen molar-refractivity contribution in [1.29, 1.82) is 0 Å². The molecule has 0 saturated carbocycles. The molecule has 6 nitrogen and oxygen atoms in total. The molecular formula is C15H20N4O2. The Morgan fingerprint density at radius 1 is 1.33 bits per heavy atom. The van der Waals surface area contributed by atoms with E-state index in [9.17, 15) is 4.79 Å². The highest BCUT2D eigenvalue weighted by molar-refractivity contribution is 5.76. The molecular weight excluding hydrogens is 268 g/mol. The van der Waals surface area contributed by atoms with Crippen LogP contribution in [-0.2, 0) is 11.2 Å². The summed E-state index contributed by atoms with van der Waals surface area (Å²) in [6.45, 7) is 5.90. The maximum Gasteiger partial charge on any atom is 0.227 e. The van der Waals surface area contributed by atoms with Gasteiger partial charge in [-0.25, -0.2) is 0 Å². The highest BCUT2D eigenvalue weighted by atomic mass is 16.5. The first-order chi connectivity index (χ1) is 10.1. The van der Waals surface area contributed by atoms with Crippen LogP contribution in [-0.4, -0.2) is 21.0 Å². The van der Waals surface area contributed by atoms with Crippen molar-refractivity contribution in [3.63, 3.8) is 0 Å². The minimum Gasteiger partial charge on any atom is -0.348 e. The zero-order valence-electron chi connectivity index (χ0n) is 12.5. The van der Waals surface area contributed by atoms with Crippen LogP contribution in [0.1, 0.15) is 56.6 Å². The normalized spacial score (nSPS) is 12.4. The van der Waals surface area contributed by atoms with Gasteiger partial charge in [-0.05, 0) is 19.1 Å². The van der Waals surface area contributed by atoms with Crippen molar-refractivity contribution in [3.05, 3.63) is 41.8 Å². The molecule has 0 aliphatic carbocycles. The van der Waals surface area contributed by atoms with Crippen molar-refractivity contribution >= 4 is 5.91 Å². The van der Waals surface area contributed by atoms with Crippen LogP contribution in [0.5, 0.6) is 0 Å². The van der Waals surface area contributed by atoms with Crippen LogP contribution in [0.15, 0.2) is 28.9 Å². The van der Waals surface area contributed by atoms with Gasteiger partial charge < -0.3 is 9.84 Å². The van der Waals surface area contributed by atoms with E-state index in [4.69, 9.17) is 4.52 Å². The molecule has 2 rings (SSSR count). The van der Waals surface area contributed by atoms with Gasteiger partial charge in [0.05, 0.1) is 11.7 Å². The van der Waals surface area contributed by atoms with E-state index in [1.807, 2.05) is 39.0 Å². The number of hydrogen-bond acceptors (Lipinski definition) is 5. The Kier molecular flexibility index (Phi) is 5.03. The van der Waals surface area contributed by atoms with Crippen LogP contribution >= 0.6 is 0 Å². The van der Waals surface area contributed by atoms with Gasteiger partial charge in [0.1, 0.15) is 0 Å². The van der Waals surface area contributed by atoms with Crippen LogP contribution in [0.3, 0.4) is 0 Å². The molecule has 1 atom stereocenters. The first-order valence-corrected chi connectivity index (χ1v) is 7.09. The number of aryl methyl sites for hydroxylation is 1. The van der Waals surface area contributed by atoms with Crippen LogP contribution in [0.2, 0.25) is 0 Å². The lowest BCUT2D eigenvalue weighted by atomic mass is 10.2. The van der Waals surface area contributed by atoms with E-state index in [2.05, 4.69) is 20.4 Å². The van der Waals surface area contributed by atoms with Crippen molar-refractivity contribution < 1.29 is 9.32 Å². The molecule has 2 aromatic heterocycles. The SMILES string of the molecule is CC(C)c1noc(CCC(=O)N[C@H](C)c2ccccn2)n1. The number of hydrogen-bond donors (Lipinski definition) is 1. The zero-order valence-corrected chi connectivity index (χ0v) is 12.5. The average Bonchev–Trinajstić information content (AvgIpc) is 2.95. The molecule has 2 aromatic rings. The Labute approximate surface area is 124 Å². The average molecular weight is 288 g/mol. The Balaban J connectivity index is 1.82. The Morgan fingerprint density at radius 3 is 2.76 bits per heavy atom. The molecule has 0 aromatic carbocycles. The highest BCUT2D eigenvalue weighted by Gasteiger charge is 2.13. The monoisotopic (exact) mass is 288 g/mol. The summed E-state index contributed by atoms with van der Waals surface area (Å²) in [5, 5.41) is 6.78. The third kappa shape index (κ3) is 4.37. The number of amides is 1. The van der Waals surface area contributed by atoms with E-state index in [1.54, 1.807) is 6.20 Å². The molecule has 0 aliphatic heterocycles. The fourth-order valence-electron chi connectivity index (χ4n) is 1.84. The minimum atomic E-state index is -0.118. The number of rotatable bonds is 6. The van der Waals surface area contributed by atoms with E-state index in [-0.39, 0.29) is 17.9 Å². The predicted molar refractivity (Wildman–Crippen MR) is 77.5 cm³/mol. The number of pyridine rings is 1. The van der Waals surface area contributed by atoms with Crippen LogP contribution < -0.4 is 5.32 Å². The van der Waals surface area contributed by atoms with Crippen LogP contribution in [0, 0.1) is 0 Å². The van der Waals surface area contributed by atoms with Crippen molar-refractivity contribution in [2.24, 2.45) is 0 Å². The van der Waals surface area contributed by atoms with Crippen molar-refractivity contribution in [2.45, 2.75) is 45.6 Å². The molecule has 6 heteroatoms. The Hall–Kier alpha value is -2.24. The fraction of sp³-hybridized carbons (Fsp3) is 0.467. The molecule has 1 amide bonds. The minimum absolute atomic E-state index is 0.0579. The molecule has 0 saturated heterocycles. The molecule has 0 radical (unpaired) electrons. The van der Waals surface area contributed by atoms with Crippen molar-refractivity contribution in [2.75, 3.05) is 0 Å². The maximum absolute atomic E-state index is 11.9. The number of nitrogens with one attached hydrogen (secondary N) is 1. The topological polar surface area (TPSA) is 80.9 Å². The van der Waals surface area contributed by atoms with Crippen LogP contribution in [0.25, 0.3) is 0 Å². The zero-order chi connectivity index (χ0) is 15.2. The summed E-state index contributed by atoms with van der Waals surface area (Å²) in [5.74, 6) is 1.34. The maximum atomic E-state index is 11.9. The number of carbonyl (C=O) groups is 1.